The highest BCUT2D eigenvalue weighted by Crippen LogP contribution is 2.31. The summed E-state index contributed by atoms with van der Waals surface area (Å²) in [5, 5.41) is 1.71. The summed E-state index contributed by atoms with van der Waals surface area (Å²) >= 11 is 1.24. The average Bonchev–Trinajstić information content (AvgIpc) is 2.87. The summed E-state index contributed by atoms with van der Waals surface area (Å²) in [4.78, 5) is 18.5. The van der Waals surface area contributed by atoms with Gasteiger partial charge in [-0.3, -0.25) is 4.79 Å². The Morgan fingerprint density at radius 1 is 1.20 bits per heavy atom. The van der Waals surface area contributed by atoms with Crippen LogP contribution in [0.25, 0.3) is 21.6 Å². The minimum atomic E-state index is -4.43. The van der Waals surface area contributed by atoms with Crippen LogP contribution >= 0.6 is 11.3 Å². The van der Waals surface area contributed by atoms with E-state index in [4.69, 9.17) is 0 Å². The van der Waals surface area contributed by atoms with Crippen LogP contribution in [0.5, 0.6) is 0 Å². The lowest BCUT2D eigenvalue weighted by atomic mass is 10.1. The zero-order chi connectivity index (χ0) is 14.3. The van der Waals surface area contributed by atoms with Crippen molar-refractivity contribution < 1.29 is 13.2 Å². The van der Waals surface area contributed by atoms with Crippen molar-refractivity contribution in [2.75, 3.05) is 0 Å². The van der Waals surface area contributed by atoms with Crippen molar-refractivity contribution in [2.45, 2.75) is 6.18 Å². The fourth-order valence-corrected chi connectivity index (χ4v) is 2.58. The van der Waals surface area contributed by atoms with E-state index >= 15 is 0 Å². The molecule has 0 aliphatic carbocycles. The maximum absolute atomic E-state index is 12.7. The number of H-pyrrole nitrogens is 1. The molecule has 0 aliphatic rings. The van der Waals surface area contributed by atoms with E-state index in [1.54, 1.807) is 11.4 Å². The summed E-state index contributed by atoms with van der Waals surface area (Å²) in [6.07, 6.45) is -4.43. The maximum atomic E-state index is 12.7. The summed E-state index contributed by atoms with van der Waals surface area (Å²) in [6, 6.07) is 6.37. The lowest BCUT2D eigenvalue weighted by Crippen LogP contribution is -2.09. The van der Waals surface area contributed by atoms with Crippen LogP contribution in [-0.2, 0) is 6.18 Å². The molecule has 1 N–H and O–H groups in total. The van der Waals surface area contributed by atoms with Gasteiger partial charge in [0.15, 0.2) is 0 Å². The molecule has 7 heteroatoms. The number of thiophene rings is 1. The van der Waals surface area contributed by atoms with Crippen molar-refractivity contribution in [3.8, 4) is 11.4 Å². The smallest absolute Gasteiger partial charge is 0.305 e. The first-order chi connectivity index (χ1) is 9.45. The van der Waals surface area contributed by atoms with Gasteiger partial charge in [-0.05, 0) is 23.6 Å². The Bertz CT molecular complexity index is 835. The number of hydrogen-bond acceptors (Lipinski definition) is 3. The largest absolute Gasteiger partial charge is 0.416 e. The average molecular weight is 296 g/mol. The van der Waals surface area contributed by atoms with Crippen LogP contribution in [0.15, 0.2) is 40.5 Å². The number of hydrogen-bond donors (Lipinski definition) is 1. The van der Waals surface area contributed by atoms with Crippen LogP contribution in [0.2, 0.25) is 0 Å². The Morgan fingerprint density at radius 2 is 2.00 bits per heavy atom. The molecule has 0 spiro atoms. The number of fused-ring (bicyclic) bond motifs is 1. The number of rotatable bonds is 1. The molecular formula is C13H7F3N2OS. The monoisotopic (exact) mass is 296 g/mol. The number of nitrogens with one attached hydrogen (secondary N) is 1. The lowest BCUT2D eigenvalue weighted by molar-refractivity contribution is -0.137. The van der Waals surface area contributed by atoms with Gasteiger partial charge >= 0.3 is 6.18 Å². The SMILES string of the molecule is O=c1[nH]c(-c2cccc(C(F)(F)F)c2)nc2ccsc12. The van der Waals surface area contributed by atoms with Gasteiger partial charge in [0.05, 0.1) is 11.1 Å². The Morgan fingerprint density at radius 3 is 2.75 bits per heavy atom. The fraction of sp³-hybridized carbons (Fsp3) is 0.0769. The summed E-state index contributed by atoms with van der Waals surface area (Å²) in [5.74, 6) is 0.131. The Labute approximate surface area is 114 Å². The van der Waals surface area contributed by atoms with Crippen LogP contribution in [-0.4, -0.2) is 9.97 Å². The highest BCUT2D eigenvalue weighted by Gasteiger charge is 2.30. The Hall–Kier alpha value is -2.15. The molecule has 0 fully saturated rings. The van der Waals surface area contributed by atoms with Crippen LogP contribution in [0.1, 0.15) is 5.56 Å². The first kappa shape index (κ1) is 12.9. The fourth-order valence-electron chi connectivity index (χ4n) is 1.85. The van der Waals surface area contributed by atoms with E-state index in [0.717, 1.165) is 12.1 Å². The lowest BCUT2D eigenvalue weighted by Gasteiger charge is -2.08. The predicted octanol–water partition coefficient (Wildman–Crippen LogP) is 3.67. The number of aromatic amines is 1. The van der Waals surface area contributed by atoms with Crippen molar-refractivity contribution in [1.82, 2.24) is 9.97 Å². The van der Waals surface area contributed by atoms with Gasteiger partial charge in [-0.25, -0.2) is 4.98 Å². The molecule has 0 saturated carbocycles. The van der Waals surface area contributed by atoms with Gasteiger partial charge < -0.3 is 4.98 Å². The molecule has 0 aliphatic heterocycles. The molecule has 3 rings (SSSR count). The first-order valence-electron chi connectivity index (χ1n) is 5.60. The summed E-state index contributed by atoms with van der Waals surface area (Å²) < 4.78 is 38.5. The zero-order valence-electron chi connectivity index (χ0n) is 9.86. The molecule has 0 radical (unpaired) electrons. The Kier molecular flexibility index (Phi) is 2.86. The maximum Gasteiger partial charge on any atom is 0.416 e. The highest BCUT2D eigenvalue weighted by molar-refractivity contribution is 7.17. The number of aromatic nitrogens is 2. The minimum Gasteiger partial charge on any atom is -0.305 e. The van der Waals surface area contributed by atoms with Gasteiger partial charge in [0.1, 0.15) is 10.5 Å². The summed E-state index contributed by atoms with van der Waals surface area (Å²) in [7, 11) is 0. The van der Waals surface area contributed by atoms with Crippen molar-refractivity contribution in [2.24, 2.45) is 0 Å². The second-order valence-corrected chi connectivity index (χ2v) is 5.04. The van der Waals surface area contributed by atoms with Crippen molar-refractivity contribution in [3.05, 3.63) is 51.6 Å². The van der Waals surface area contributed by atoms with Crippen LogP contribution in [0, 0.1) is 0 Å². The van der Waals surface area contributed by atoms with Crippen LogP contribution < -0.4 is 5.56 Å². The van der Waals surface area contributed by atoms with Gasteiger partial charge in [0.2, 0.25) is 0 Å². The van der Waals surface area contributed by atoms with Crippen LogP contribution in [0.3, 0.4) is 0 Å². The van der Waals surface area contributed by atoms with Gasteiger partial charge in [-0.2, -0.15) is 13.2 Å². The van der Waals surface area contributed by atoms with Gasteiger partial charge in [-0.15, -0.1) is 11.3 Å². The number of nitrogens with zero attached hydrogens (tertiary/aromatic N) is 1. The molecule has 2 heterocycles. The van der Waals surface area contributed by atoms with Crippen molar-refractivity contribution in [3.63, 3.8) is 0 Å². The molecular weight excluding hydrogens is 289 g/mol. The normalized spacial score (nSPS) is 11.9. The van der Waals surface area contributed by atoms with E-state index in [2.05, 4.69) is 9.97 Å². The third-order valence-corrected chi connectivity index (χ3v) is 3.68. The molecule has 0 amide bonds. The molecule has 20 heavy (non-hydrogen) atoms. The number of halogens is 3. The third-order valence-electron chi connectivity index (χ3n) is 2.78. The highest BCUT2D eigenvalue weighted by atomic mass is 32.1. The zero-order valence-corrected chi connectivity index (χ0v) is 10.7. The van der Waals surface area contributed by atoms with Crippen molar-refractivity contribution >= 4 is 21.6 Å². The first-order valence-corrected chi connectivity index (χ1v) is 6.48. The molecule has 0 bridgehead atoms. The topological polar surface area (TPSA) is 45.8 Å². The molecule has 3 nitrogen and oxygen atoms in total. The quantitative estimate of drug-likeness (QED) is 0.744. The molecule has 102 valence electrons. The summed E-state index contributed by atoms with van der Waals surface area (Å²) in [5.41, 5.74) is -0.420. The Balaban J connectivity index is 2.18. The van der Waals surface area contributed by atoms with E-state index in [1.807, 2.05) is 0 Å². The van der Waals surface area contributed by atoms with E-state index in [9.17, 15) is 18.0 Å². The van der Waals surface area contributed by atoms with E-state index < -0.39 is 11.7 Å². The van der Waals surface area contributed by atoms with Crippen LogP contribution in [0.4, 0.5) is 13.2 Å². The van der Waals surface area contributed by atoms with Gasteiger partial charge in [0, 0.05) is 5.56 Å². The van der Waals surface area contributed by atoms with Crippen molar-refractivity contribution in [1.29, 1.82) is 0 Å². The molecule has 0 saturated heterocycles. The second-order valence-electron chi connectivity index (χ2n) is 4.13. The third kappa shape index (κ3) is 2.20. The molecule has 1 aromatic carbocycles. The number of alkyl halides is 3. The second kappa shape index (κ2) is 4.45. The van der Waals surface area contributed by atoms with E-state index in [1.165, 1.54) is 23.5 Å². The molecule has 3 aromatic rings. The summed E-state index contributed by atoms with van der Waals surface area (Å²) in [6.45, 7) is 0. The van der Waals surface area contributed by atoms with E-state index in [-0.39, 0.29) is 16.9 Å². The number of benzene rings is 1. The van der Waals surface area contributed by atoms with Gasteiger partial charge in [-0.1, -0.05) is 12.1 Å². The van der Waals surface area contributed by atoms with Gasteiger partial charge in [0.25, 0.3) is 5.56 Å². The molecule has 0 unspecified atom stereocenters. The standard InChI is InChI=1S/C13H7F3N2OS/c14-13(15,16)8-3-1-2-7(6-8)11-17-9-4-5-20-10(9)12(19)18-11/h1-6H,(H,17,18,19). The molecule has 2 aromatic heterocycles. The predicted molar refractivity (Wildman–Crippen MR) is 70.7 cm³/mol. The van der Waals surface area contributed by atoms with E-state index in [0.29, 0.717) is 10.2 Å². The molecule has 0 atom stereocenters. The minimum absolute atomic E-state index is 0.131.